The van der Waals surface area contributed by atoms with Gasteiger partial charge in [0.25, 0.3) is 0 Å². The Labute approximate surface area is 110 Å². The van der Waals surface area contributed by atoms with E-state index in [0.717, 1.165) is 6.42 Å². The lowest BCUT2D eigenvalue weighted by Gasteiger charge is -1.91. The van der Waals surface area contributed by atoms with Crippen LogP contribution in [0.2, 0.25) is 0 Å². The average molecular weight is 238 g/mol. The Bertz CT molecular complexity index is 467. The third-order valence-electron chi connectivity index (χ3n) is 2.27. The van der Waals surface area contributed by atoms with Crippen molar-refractivity contribution in [3.8, 4) is 23.7 Å². The molecule has 0 bridgehead atoms. The van der Waals surface area contributed by atoms with Crippen LogP contribution >= 0.6 is 0 Å². The number of unbranched alkanes of at least 4 members (excludes halogenated alkanes) is 4. The standard InChI is InChI=1S/C16H18N2/c1-2-3-4-5-6-7-8-9-10-11-12-16-15-17-13-14-18-16/h9-10,13-15H,2-6H2,1H3/b10-9-. The fourth-order valence-corrected chi connectivity index (χ4v) is 1.33. The van der Waals surface area contributed by atoms with Crippen LogP contribution in [-0.4, -0.2) is 9.97 Å². The number of allylic oxidation sites excluding steroid dienone is 2. The van der Waals surface area contributed by atoms with Crippen LogP contribution in [0.25, 0.3) is 0 Å². The van der Waals surface area contributed by atoms with Crippen molar-refractivity contribution in [1.29, 1.82) is 0 Å². The van der Waals surface area contributed by atoms with E-state index in [0.29, 0.717) is 5.69 Å². The molecule has 92 valence electrons. The van der Waals surface area contributed by atoms with Crippen molar-refractivity contribution in [2.75, 3.05) is 0 Å². The third kappa shape index (κ3) is 7.25. The molecule has 1 rings (SSSR count). The van der Waals surface area contributed by atoms with Crippen LogP contribution < -0.4 is 0 Å². The normalized spacial score (nSPS) is 9.39. The van der Waals surface area contributed by atoms with Gasteiger partial charge in [0, 0.05) is 18.8 Å². The number of hydrogen-bond donors (Lipinski definition) is 0. The van der Waals surface area contributed by atoms with Gasteiger partial charge >= 0.3 is 0 Å². The van der Waals surface area contributed by atoms with Crippen LogP contribution in [0.5, 0.6) is 0 Å². The summed E-state index contributed by atoms with van der Waals surface area (Å²) in [5, 5.41) is 0. The Morgan fingerprint density at radius 2 is 2.00 bits per heavy atom. The topological polar surface area (TPSA) is 25.8 Å². The molecule has 0 aliphatic rings. The largest absolute Gasteiger partial charge is 0.260 e. The zero-order valence-corrected chi connectivity index (χ0v) is 10.8. The Morgan fingerprint density at radius 1 is 1.11 bits per heavy atom. The molecule has 0 aromatic carbocycles. The van der Waals surface area contributed by atoms with E-state index in [1.54, 1.807) is 30.7 Å². The van der Waals surface area contributed by atoms with Crippen molar-refractivity contribution in [1.82, 2.24) is 9.97 Å². The van der Waals surface area contributed by atoms with E-state index in [1.807, 2.05) is 0 Å². The molecule has 2 heteroatoms. The minimum atomic E-state index is 0.676. The number of nitrogens with zero attached hydrogens (tertiary/aromatic N) is 2. The first-order chi connectivity index (χ1) is 8.93. The van der Waals surface area contributed by atoms with Crippen molar-refractivity contribution in [2.24, 2.45) is 0 Å². The van der Waals surface area contributed by atoms with Crippen LogP contribution in [0.3, 0.4) is 0 Å². The molecule has 0 spiro atoms. The minimum Gasteiger partial charge on any atom is -0.260 e. The van der Waals surface area contributed by atoms with Gasteiger partial charge in [-0.1, -0.05) is 43.9 Å². The molecule has 1 aromatic rings. The second-order valence-electron chi connectivity index (χ2n) is 3.83. The van der Waals surface area contributed by atoms with Crippen LogP contribution in [0.15, 0.2) is 30.7 Å². The van der Waals surface area contributed by atoms with Gasteiger partial charge in [-0.15, -0.1) is 0 Å². The molecule has 0 unspecified atom stereocenters. The quantitative estimate of drug-likeness (QED) is 0.594. The van der Waals surface area contributed by atoms with Gasteiger partial charge in [-0.05, 0) is 24.5 Å². The summed E-state index contributed by atoms with van der Waals surface area (Å²) in [5.41, 5.74) is 0.676. The van der Waals surface area contributed by atoms with Gasteiger partial charge in [-0.3, -0.25) is 4.98 Å². The molecule has 0 aliphatic carbocycles. The summed E-state index contributed by atoms with van der Waals surface area (Å²) >= 11 is 0. The predicted octanol–water partition coefficient (Wildman–Crippen LogP) is 3.36. The van der Waals surface area contributed by atoms with Gasteiger partial charge in [-0.2, -0.15) is 0 Å². The minimum absolute atomic E-state index is 0.676. The van der Waals surface area contributed by atoms with Crippen LogP contribution in [0.4, 0.5) is 0 Å². The number of aromatic nitrogens is 2. The zero-order chi connectivity index (χ0) is 12.9. The van der Waals surface area contributed by atoms with E-state index < -0.39 is 0 Å². The third-order valence-corrected chi connectivity index (χ3v) is 2.27. The summed E-state index contributed by atoms with van der Waals surface area (Å²) in [5.74, 6) is 11.9. The lowest BCUT2D eigenvalue weighted by atomic mass is 10.2. The smallest absolute Gasteiger partial charge is 0.131 e. The fraction of sp³-hybridized carbons (Fsp3) is 0.375. The summed E-state index contributed by atoms with van der Waals surface area (Å²) < 4.78 is 0. The van der Waals surface area contributed by atoms with Crippen molar-refractivity contribution >= 4 is 0 Å². The molecular formula is C16H18N2. The van der Waals surface area contributed by atoms with E-state index in [9.17, 15) is 0 Å². The van der Waals surface area contributed by atoms with Crippen molar-refractivity contribution < 1.29 is 0 Å². The second-order valence-corrected chi connectivity index (χ2v) is 3.83. The molecule has 0 fully saturated rings. The molecule has 0 aliphatic heterocycles. The fourth-order valence-electron chi connectivity index (χ4n) is 1.33. The second kappa shape index (κ2) is 10.1. The first-order valence-electron chi connectivity index (χ1n) is 6.34. The summed E-state index contributed by atoms with van der Waals surface area (Å²) in [6, 6.07) is 0. The summed E-state index contributed by atoms with van der Waals surface area (Å²) in [7, 11) is 0. The highest BCUT2D eigenvalue weighted by Crippen LogP contribution is 2.00. The molecule has 2 nitrogen and oxygen atoms in total. The van der Waals surface area contributed by atoms with Gasteiger partial charge < -0.3 is 0 Å². The highest BCUT2D eigenvalue weighted by atomic mass is 14.7. The van der Waals surface area contributed by atoms with Crippen molar-refractivity contribution in [3.63, 3.8) is 0 Å². The van der Waals surface area contributed by atoms with E-state index in [2.05, 4.69) is 40.6 Å². The summed E-state index contributed by atoms with van der Waals surface area (Å²) in [4.78, 5) is 7.98. The van der Waals surface area contributed by atoms with Gasteiger partial charge in [0.05, 0.1) is 6.20 Å². The van der Waals surface area contributed by atoms with E-state index in [-0.39, 0.29) is 0 Å². The lowest BCUT2D eigenvalue weighted by molar-refractivity contribution is 0.679. The molecule has 0 radical (unpaired) electrons. The van der Waals surface area contributed by atoms with Gasteiger partial charge in [0.2, 0.25) is 0 Å². The van der Waals surface area contributed by atoms with Gasteiger partial charge in [-0.25, -0.2) is 4.98 Å². The first kappa shape index (κ1) is 14.0. The average Bonchev–Trinajstić information content (AvgIpc) is 2.42. The molecule has 0 amide bonds. The maximum absolute atomic E-state index is 4.05. The van der Waals surface area contributed by atoms with E-state index >= 15 is 0 Å². The van der Waals surface area contributed by atoms with Crippen LogP contribution in [0, 0.1) is 23.7 Å². The van der Waals surface area contributed by atoms with Crippen LogP contribution in [-0.2, 0) is 0 Å². The Balaban J connectivity index is 2.22. The maximum Gasteiger partial charge on any atom is 0.131 e. The van der Waals surface area contributed by atoms with E-state index in [1.165, 1.54) is 25.7 Å². The summed E-state index contributed by atoms with van der Waals surface area (Å²) in [6.45, 7) is 2.21. The van der Waals surface area contributed by atoms with Crippen LogP contribution in [0.1, 0.15) is 44.7 Å². The molecule has 0 atom stereocenters. The van der Waals surface area contributed by atoms with Crippen molar-refractivity contribution in [3.05, 3.63) is 36.4 Å². The Kier molecular flexibility index (Phi) is 7.87. The van der Waals surface area contributed by atoms with Gasteiger partial charge in [0.1, 0.15) is 5.69 Å². The lowest BCUT2D eigenvalue weighted by Crippen LogP contribution is -1.80. The summed E-state index contributed by atoms with van der Waals surface area (Å²) in [6.07, 6.45) is 14.4. The highest BCUT2D eigenvalue weighted by molar-refractivity contribution is 5.32. The Morgan fingerprint density at radius 3 is 2.78 bits per heavy atom. The molecule has 1 heterocycles. The number of rotatable bonds is 4. The highest BCUT2D eigenvalue weighted by Gasteiger charge is 1.83. The SMILES string of the molecule is CCCCCCC#C/C=C\C#Cc1cnccn1. The Hall–Kier alpha value is -2.06. The van der Waals surface area contributed by atoms with Crippen molar-refractivity contribution in [2.45, 2.75) is 39.0 Å². The maximum atomic E-state index is 4.05. The predicted molar refractivity (Wildman–Crippen MR) is 74.6 cm³/mol. The molecule has 0 N–H and O–H groups in total. The number of hydrogen-bond acceptors (Lipinski definition) is 2. The molecule has 18 heavy (non-hydrogen) atoms. The monoisotopic (exact) mass is 238 g/mol. The molecule has 0 saturated carbocycles. The molecule has 0 saturated heterocycles. The molecule has 1 aromatic heterocycles. The van der Waals surface area contributed by atoms with Gasteiger partial charge in [0.15, 0.2) is 0 Å². The first-order valence-corrected chi connectivity index (χ1v) is 6.34. The van der Waals surface area contributed by atoms with E-state index in [4.69, 9.17) is 0 Å². The zero-order valence-electron chi connectivity index (χ0n) is 10.8. The molecular weight excluding hydrogens is 220 g/mol.